The second-order valence-electron chi connectivity index (χ2n) is 3.18. The average molecular weight is 210 g/mol. The number of aryl methyl sites for hydroxylation is 2. The number of aromatic hydroxyl groups is 1. The van der Waals surface area contributed by atoms with Crippen LogP contribution >= 0.6 is 10.5 Å². The third kappa shape index (κ3) is 1.21. The fourth-order valence-corrected chi connectivity index (χ4v) is 2.91. The summed E-state index contributed by atoms with van der Waals surface area (Å²) in [5.41, 5.74) is 4.50. The number of phenols is 1. The van der Waals surface area contributed by atoms with Gasteiger partial charge < -0.3 is 5.11 Å². The Kier molecular flexibility index (Phi) is 2.05. The van der Waals surface area contributed by atoms with Crippen molar-refractivity contribution in [2.24, 2.45) is 12.1 Å². The second kappa shape index (κ2) is 3.11. The number of nitrogens with two attached hydrogens (primary N) is 1. The largest absolute Gasteiger partial charge is 0.508 e. The SMILES string of the molecule is Cc1cc(O)cc2c1nc(NN)[s+]2C. The van der Waals surface area contributed by atoms with Crippen LogP contribution in [-0.4, -0.2) is 10.1 Å². The van der Waals surface area contributed by atoms with Gasteiger partial charge in [0, 0.05) is 16.5 Å². The van der Waals surface area contributed by atoms with E-state index in [1.165, 1.54) is 0 Å². The monoisotopic (exact) mass is 210 g/mol. The standard InChI is InChI=1S/C9H11N3OS/c1-5-3-6(13)4-7-8(5)11-9(12-10)14(7)2/h3-4H,10H2,1-2H3,(H-,11,12,13)/p+1. The minimum absolute atomic E-state index is 0.152. The van der Waals surface area contributed by atoms with Crippen LogP contribution in [0.2, 0.25) is 0 Å². The Balaban J connectivity index is 2.85. The lowest BCUT2D eigenvalue weighted by molar-refractivity contribution is 0.476. The third-order valence-electron chi connectivity index (χ3n) is 2.21. The molecule has 0 amide bonds. The zero-order chi connectivity index (χ0) is 10.3. The molecule has 4 N–H and O–H groups in total. The van der Waals surface area contributed by atoms with Crippen LogP contribution in [0.3, 0.4) is 0 Å². The number of hydrogen-bond acceptors (Lipinski definition) is 4. The van der Waals surface area contributed by atoms with Gasteiger partial charge in [0.05, 0.1) is 0 Å². The number of hydrazine groups is 1. The lowest BCUT2D eigenvalue weighted by atomic mass is 10.2. The predicted octanol–water partition coefficient (Wildman–Crippen LogP) is 1.82. The van der Waals surface area contributed by atoms with Gasteiger partial charge in [0.15, 0.2) is 0 Å². The fraction of sp³-hybridized carbons (Fsp3) is 0.222. The van der Waals surface area contributed by atoms with Gasteiger partial charge in [-0.15, -0.1) is 0 Å². The highest BCUT2D eigenvalue weighted by atomic mass is 32.2. The van der Waals surface area contributed by atoms with E-state index in [4.69, 9.17) is 5.84 Å². The van der Waals surface area contributed by atoms with Gasteiger partial charge in [0.1, 0.15) is 17.5 Å². The highest BCUT2D eigenvalue weighted by Gasteiger charge is 2.19. The number of thiazole rings is 1. The van der Waals surface area contributed by atoms with Crippen molar-refractivity contribution in [2.45, 2.75) is 6.92 Å². The Bertz CT molecular complexity index is 492. The van der Waals surface area contributed by atoms with Gasteiger partial charge in [-0.3, -0.25) is 5.43 Å². The molecule has 2 aromatic rings. The zero-order valence-corrected chi connectivity index (χ0v) is 8.85. The molecule has 0 saturated carbocycles. The molecule has 5 heteroatoms. The van der Waals surface area contributed by atoms with Crippen LogP contribution in [0.4, 0.5) is 5.13 Å². The number of fused-ring (bicyclic) bond motifs is 1. The Morgan fingerprint density at radius 2 is 2.21 bits per heavy atom. The van der Waals surface area contributed by atoms with Crippen LogP contribution in [0.5, 0.6) is 5.75 Å². The van der Waals surface area contributed by atoms with E-state index in [1.54, 1.807) is 12.1 Å². The molecule has 0 saturated heterocycles. The highest BCUT2D eigenvalue weighted by Crippen LogP contribution is 2.38. The summed E-state index contributed by atoms with van der Waals surface area (Å²) in [7, 11) is -0.152. The van der Waals surface area contributed by atoms with Crippen LogP contribution in [0.15, 0.2) is 12.1 Å². The van der Waals surface area contributed by atoms with Gasteiger partial charge in [-0.25, -0.2) is 5.84 Å². The van der Waals surface area contributed by atoms with Gasteiger partial charge in [-0.1, -0.05) is 0 Å². The Labute approximate surface area is 84.3 Å². The van der Waals surface area contributed by atoms with Gasteiger partial charge in [-0.2, -0.15) is 4.98 Å². The number of benzene rings is 1. The molecule has 0 aliphatic heterocycles. The molecule has 0 aliphatic carbocycles. The molecule has 0 fully saturated rings. The Morgan fingerprint density at radius 3 is 2.86 bits per heavy atom. The molecule has 0 spiro atoms. The Morgan fingerprint density at radius 1 is 1.50 bits per heavy atom. The number of hydrogen-bond donors (Lipinski definition) is 3. The molecular formula is C9H12N3OS+. The van der Waals surface area contributed by atoms with Crippen molar-refractivity contribution in [1.29, 1.82) is 0 Å². The van der Waals surface area contributed by atoms with E-state index in [1.807, 2.05) is 13.2 Å². The summed E-state index contributed by atoms with van der Waals surface area (Å²) in [4.78, 5) is 4.37. The maximum atomic E-state index is 9.46. The van der Waals surface area contributed by atoms with E-state index in [2.05, 4.69) is 10.4 Å². The molecule has 4 nitrogen and oxygen atoms in total. The van der Waals surface area contributed by atoms with Crippen LogP contribution in [0.1, 0.15) is 5.56 Å². The third-order valence-corrected chi connectivity index (χ3v) is 3.97. The predicted molar refractivity (Wildman–Crippen MR) is 59.4 cm³/mol. The van der Waals surface area contributed by atoms with Crippen LogP contribution < -0.4 is 11.3 Å². The summed E-state index contributed by atoms with van der Waals surface area (Å²) in [5.74, 6) is 5.64. The first kappa shape index (κ1) is 9.23. The van der Waals surface area contributed by atoms with Crippen LogP contribution in [-0.2, 0) is 6.26 Å². The normalized spacial score (nSPS) is 12.1. The molecule has 0 radical (unpaired) electrons. The van der Waals surface area contributed by atoms with E-state index >= 15 is 0 Å². The molecule has 1 aromatic carbocycles. The average Bonchev–Trinajstić information content (AvgIpc) is 2.44. The van der Waals surface area contributed by atoms with Crippen molar-refractivity contribution in [3.63, 3.8) is 0 Å². The molecule has 1 heterocycles. The molecule has 14 heavy (non-hydrogen) atoms. The molecule has 74 valence electrons. The van der Waals surface area contributed by atoms with Crippen molar-refractivity contribution in [3.8, 4) is 5.75 Å². The van der Waals surface area contributed by atoms with Crippen molar-refractivity contribution in [3.05, 3.63) is 17.7 Å². The number of nitrogens with zero attached hydrogens (tertiary/aromatic N) is 1. The number of aromatic nitrogens is 1. The first-order valence-electron chi connectivity index (χ1n) is 4.18. The number of rotatable bonds is 1. The summed E-state index contributed by atoms with van der Waals surface area (Å²) in [6, 6.07) is 3.46. The van der Waals surface area contributed by atoms with Crippen molar-refractivity contribution in [1.82, 2.24) is 4.98 Å². The highest BCUT2D eigenvalue weighted by molar-refractivity contribution is 7.38. The lowest BCUT2D eigenvalue weighted by Gasteiger charge is -1.92. The van der Waals surface area contributed by atoms with E-state index in [0.29, 0.717) is 0 Å². The molecular weight excluding hydrogens is 198 g/mol. The molecule has 2 rings (SSSR count). The van der Waals surface area contributed by atoms with Crippen molar-refractivity contribution < 1.29 is 5.11 Å². The second-order valence-corrected chi connectivity index (χ2v) is 5.03. The number of nitrogen functional groups attached to an aromatic ring is 1. The summed E-state index contributed by atoms with van der Waals surface area (Å²) >= 11 is 0. The van der Waals surface area contributed by atoms with E-state index < -0.39 is 0 Å². The van der Waals surface area contributed by atoms with Gasteiger partial charge >= 0.3 is 5.13 Å². The van der Waals surface area contributed by atoms with Crippen LogP contribution in [0, 0.1) is 6.92 Å². The summed E-state index contributed by atoms with van der Waals surface area (Å²) in [5, 5.41) is 10.2. The fourth-order valence-electron chi connectivity index (χ4n) is 1.50. The van der Waals surface area contributed by atoms with Crippen LogP contribution in [0.25, 0.3) is 10.2 Å². The topological polar surface area (TPSA) is 71.2 Å². The molecule has 1 atom stereocenters. The number of phenolic OH excluding ortho intramolecular Hbond substituents is 1. The van der Waals surface area contributed by atoms with E-state index in [0.717, 1.165) is 20.9 Å². The summed E-state index contributed by atoms with van der Waals surface area (Å²) in [6.45, 7) is 1.93. The lowest BCUT2D eigenvalue weighted by Crippen LogP contribution is -2.06. The quantitative estimate of drug-likeness (QED) is 0.381. The summed E-state index contributed by atoms with van der Waals surface area (Å²) < 4.78 is 1.05. The van der Waals surface area contributed by atoms with E-state index in [9.17, 15) is 5.11 Å². The minimum atomic E-state index is -0.152. The number of anilines is 1. The van der Waals surface area contributed by atoms with Gasteiger partial charge in [-0.05, 0) is 18.6 Å². The molecule has 1 aromatic heterocycles. The molecule has 1 unspecified atom stereocenters. The van der Waals surface area contributed by atoms with Crippen molar-refractivity contribution in [2.75, 3.05) is 5.43 Å². The smallest absolute Gasteiger partial charge is 0.354 e. The maximum Gasteiger partial charge on any atom is 0.354 e. The Hall–Kier alpha value is -1.33. The first-order chi connectivity index (χ1) is 6.63. The first-order valence-corrected chi connectivity index (χ1v) is 5.81. The van der Waals surface area contributed by atoms with Crippen molar-refractivity contribution >= 4 is 25.8 Å². The minimum Gasteiger partial charge on any atom is -0.508 e. The van der Waals surface area contributed by atoms with E-state index in [-0.39, 0.29) is 16.2 Å². The maximum absolute atomic E-state index is 9.46. The summed E-state index contributed by atoms with van der Waals surface area (Å²) in [6.07, 6.45) is 2.03. The molecule has 0 aliphatic rings. The molecule has 0 bridgehead atoms. The van der Waals surface area contributed by atoms with Gasteiger partial charge in [0.25, 0.3) is 0 Å². The zero-order valence-electron chi connectivity index (χ0n) is 8.03. The van der Waals surface area contributed by atoms with Gasteiger partial charge in [0.2, 0.25) is 4.70 Å². The number of nitrogens with one attached hydrogen (secondary N) is 1.